The zero-order valence-corrected chi connectivity index (χ0v) is 11.5. The maximum Gasteiger partial charge on any atom is 0.182 e. The smallest absolute Gasteiger partial charge is 0.182 e. The third kappa shape index (κ3) is 2.93. The van der Waals surface area contributed by atoms with Gasteiger partial charge in [-0.2, -0.15) is 0 Å². The molecule has 0 unspecified atom stereocenters. The van der Waals surface area contributed by atoms with E-state index in [0.717, 1.165) is 4.88 Å². The van der Waals surface area contributed by atoms with E-state index in [1.165, 1.54) is 0 Å². The minimum Gasteiger partial charge on any atom is -0.364 e. The molecule has 19 heavy (non-hydrogen) atoms. The molecule has 102 valence electrons. The van der Waals surface area contributed by atoms with E-state index in [2.05, 4.69) is 0 Å². The third-order valence-corrected chi connectivity index (χ3v) is 3.87. The summed E-state index contributed by atoms with van der Waals surface area (Å²) in [6.45, 7) is 3.10. The van der Waals surface area contributed by atoms with Crippen LogP contribution in [0.5, 0.6) is 0 Å². The number of hydrogen-bond acceptors (Lipinski definition) is 3. The zero-order chi connectivity index (χ0) is 13.8. The molecule has 0 bridgehead atoms. The highest BCUT2D eigenvalue weighted by Crippen LogP contribution is 2.26. The fraction of sp³-hybridized carbons (Fsp3) is 0.286. The van der Waals surface area contributed by atoms with Crippen molar-refractivity contribution in [2.24, 2.45) is 5.73 Å². The largest absolute Gasteiger partial charge is 0.364 e. The van der Waals surface area contributed by atoms with Crippen LogP contribution in [0, 0.1) is 11.6 Å². The Balaban J connectivity index is 2.30. The lowest BCUT2D eigenvalue weighted by atomic mass is 10.1. The van der Waals surface area contributed by atoms with Crippen LogP contribution in [-0.2, 0) is 13.1 Å². The first-order valence-electron chi connectivity index (χ1n) is 6.11. The van der Waals surface area contributed by atoms with Crippen molar-refractivity contribution in [3.8, 4) is 0 Å². The topological polar surface area (TPSA) is 29.3 Å². The van der Waals surface area contributed by atoms with Gasteiger partial charge in [0, 0.05) is 23.5 Å². The highest BCUT2D eigenvalue weighted by Gasteiger charge is 2.17. The van der Waals surface area contributed by atoms with Crippen LogP contribution in [0.1, 0.15) is 17.4 Å². The molecule has 0 atom stereocenters. The average Bonchev–Trinajstić information content (AvgIpc) is 2.92. The molecule has 1 aromatic carbocycles. The van der Waals surface area contributed by atoms with Gasteiger partial charge in [0.2, 0.25) is 0 Å². The highest BCUT2D eigenvalue weighted by molar-refractivity contribution is 7.09. The summed E-state index contributed by atoms with van der Waals surface area (Å²) in [5.41, 5.74) is 5.85. The van der Waals surface area contributed by atoms with E-state index >= 15 is 0 Å². The van der Waals surface area contributed by atoms with E-state index in [-0.39, 0.29) is 17.8 Å². The van der Waals surface area contributed by atoms with Crippen molar-refractivity contribution in [3.63, 3.8) is 0 Å². The van der Waals surface area contributed by atoms with Crippen LogP contribution < -0.4 is 10.6 Å². The molecule has 0 aliphatic heterocycles. The lowest BCUT2D eigenvalue weighted by molar-refractivity contribution is 0.497. The van der Waals surface area contributed by atoms with Crippen molar-refractivity contribution in [3.05, 3.63) is 51.7 Å². The Morgan fingerprint density at radius 1 is 1.21 bits per heavy atom. The monoisotopic (exact) mass is 282 g/mol. The number of anilines is 1. The molecule has 2 rings (SSSR count). The van der Waals surface area contributed by atoms with Crippen LogP contribution >= 0.6 is 11.3 Å². The van der Waals surface area contributed by atoms with E-state index in [1.54, 1.807) is 23.5 Å². The number of nitrogens with zero attached hydrogens (tertiary/aromatic N) is 1. The van der Waals surface area contributed by atoms with E-state index in [9.17, 15) is 8.78 Å². The molecule has 1 heterocycles. The van der Waals surface area contributed by atoms with Gasteiger partial charge in [-0.25, -0.2) is 8.78 Å². The van der Waals surface area contributed by atoms with E-state index in [4.69, 9.17) is 5.73 Å². The summed E-state index contributed by atoms with van der Waals surface area (Å²) < 4.78 is 27.8. The van der Waals surface area contributed by atoms with Crippen molar-refractivity contribution in [1.29, 1.82) is 0 Å². The molecule has 0 aliphatic carbocycles. The first-order chi connectivity index (χ1) is 9.17. The number of hydrogen-bond donors (Lipinski definition) is 1. The van der Waals surface area contributed by atoms with Gasteiger partial charge in [0.25, 0.3) is 0 Å². The predicted molar refractivity (Wildman–Crippen MR) is 75.3 cm³/mol. The summed E-state index contributed by atoms with van der Waals surface area (Å²) >= 11 is 1.60. The van der Waals surface area contributed by atoms with Crippen LogP contribution in [0.3, 0.4) is 0 Å². The molecule has 2 nitrogen and oxygen atoms in total. The minimum atomic E-state index is -0.843. The van der Waals surface area contributed by atoms with E-state index in [0.29, 0.717) is 13.1 Å². The molecule has 1 aromatic heterocycles. The maximum atomic E-state index is 14.0. The second-order valence-electron chi connectivity index (χ2n) is 4.17. The Morgan fingerprint density at radius 3 is 2.58 bits per heavy atom. The average molecular weight is 282 g/mol. The predicted octanol–water partition coefficient (Wildman–Crippen LogP) is 3.51. The Bertz CT molecular complexity index is 541. The molecule has 0 spiro atoms. The Labute approximate surface area is 115 Å². The molecular formula is C14H16F2N2S. The molecular weight excluding hydrogens is 266 g/mol. The van der Waals surface area contributed by atoms with Crippen LogP contribution in [0.2, 0.25) is 0 Å². The van der Waals surface area contributed by atoms with Crippen molar-refractivity contribution in [2.75, 3.05) is 11.4 Å². The van der Waals surface area contributed by atoms with Gasteiger partial charge in [-0.15, -0.1) is 11.3 Å². The van der Waals surface area contributed by atoms with Crippen LogP contribution in [0.4, 0.5) is 14.5 Å². The van der Waals surface area contributed by atoms with Gasteiger partial charge in [-0.05, 0) is 24.4 Å². The molecule has 0 saturated carbocycles. The van der Waals surface area contributed by atoms with Crippen molar-refractivity contribution in [2.45, 2.75) is 20.0 Å². The summed E-state index contributed by atoms with van der Waals surface area (Å²) in [5.74, 6) is -1.66. The van der Waals surface area contributed by atoms with E-state index in [1.807, 2.05) is 29.3 Å². The first-order valence-corrected chi connectivity index (χ1v) is 6.99. The zero-order valence-electron chi connectivity index (χ0n) is 10.7. The number of nitrogens with two attached hydrogens (primary N) is 1. The van der Waals surface area contributed by atoms with Gasteiger partial charge in [0.1, 0.15) is 0 Å². The minimum absolute atomic E-state index is 0.0000823. The van der Waals surface area contributed by atoms with Crippen LogP contribution in [0.25, 0.3) is 0 Å². The maximum absolute atomic E-state index is 14.0. The van der Waals surface area contributed by atoms with Crippen molar-refractivity contribution in [1.82, 2.24) is 0 Å². The molecule has 0 amide bonds. The van der Waals surface area contributed by atoms with Gasteiger partial charge in [-0.1, -0.05) is 12.1 Å². The Morgan fingerprint density at radius 2 is 2.00 bits per heavy atom. The van der Waals surface area contributed by atoms with Crippen molar-refractivity contribution >= 4 is 17.0 Å². The fourth-order valence-electron chi connectivity index (χ4n) is 1.94. The summed E-state index contributed by atoms with van der Waals surface area (Å²) in [6, 6.07) is 7.07. The summed E-state index contributed by atoms with van der Waals surface area (Å²) in [5, 5.41) is 1.97. The lowest BCUT2D eigenvalue weighted by Gasteiger charge is -2.23. The van der Waals surface area contributed by atoms with Crippen LogP contribution in [0.15, 0.2) is 29.6 Å². The van der Waals surface area contributed by atoms with Gasteiger partial charge in [0.15, 0.2) is 11.6 Å². The highest BCUT2D eigenvalue weighted by atomic mass is 32.1. The normalized spacial score (nSPS) is 10.7. The molecule has 0 aliphatic rings. The number of halogens is 2. The molecule has 5 heteroatoms. The SMILES string of the molecule is CCN(Cc1cccs1)c1ccc(CN)c(F)c1F. The molecule has 2 aromatic rings. The number of thiophene rings is 1. The van der Waals surface area contributed by atoms with Gasteiger partial charge < -0.3 is 10.6 Å². The summed E-state index contributed by atoms with van der Waals surface area (Å²) in [7, 11) is 0. The first kappa shape index (κ1) is 14.0. The molecule has 2 N–H and O–H groups in total. The van der Waals surface area contributed by atoms with E-state index < -0.39 is 11.6 Å². The summed E-state index contributed by atoms with van der Waals surface area (Å²) in [6.07, 6.45) is 0. The van der Waals surface area contributed by atoms with Gasteiger partial charge in [0.05, 0.1) is 12.2 Å². The second-order valence-corrected chi connectivity index (χ2v) is 5.20. The quantitative estimate of drug-likeness (QED) is 0.909. The number of benzene rings is 1. The molecule has 0 radical (unpaired) electrons. The third-order valence-electron chi connectivity index (χ3n) is 3.01. The van der Waals surface area contributed by atoms with Crippen LogP contribution in [-0.4, -0.2) is 6.54 Å². The standard InChI is InChI=1S/C14H16F2N2S/c1-2-18(9-11-4-3-7-19-11)12-6-5-10(8-17)13(15)14(12)16/h3-7H,2,8-9,17H2,1H3. The second kappa shape index (κ2) is 6.12. The van der Waals surface area contributed by atoms with Gasteiger partial charge in [-0.3, -0.25) is 0 Å². The number of rotatable bonds is 5. The molecule has 0 saturated heterocycles. The molecule has 0 fully saturated rings. The van der Waals surface area contributed by atoms with Crippen molar-refractivity contribution < 1.29 is 8.78 Å². The Kier molecular flexibility index (Phi) is 4.50. The lowest BCUT2D eigenvalue weighted by Crippen LogP contribution is -2.23. The Hall–Kier alpha value is -1.46. The van der Waals surface area contributed by atoms with Gasteiger partial charge >= 0.3 is 0 Å². The summed E-state index contributed by atoms with van der Waals surface area (Å²) in [4.78, 5) is 2.93. The fourth-order valence-corrected chi connectivity index (χ4v) is 2.66.